The molecule has 19 heavy (non-hydrogen) atoms. The molecule has 0 aromatic rings. The summed E-state index contributed by atoms with van der Waals surface area (Å²) < 4.78 is 0. The minimum absolute atomic E-state index is 0.0197. The number of fused-ring (bicyclic) bond motifs is 3. The molecule has 2 unspecified atom stereocenters. The number of amidine groups is 1. The van der Waals surface area contributed by atoms with Gasteiger partial charge in [-0.1, -0.05) is 12.1 Å². The highest BCUT2D eigenvalue weighted by atomic mass is 16.4. The maximum atomic E-state index is 12.4. The van der Waals surface area contributed by atoms with Crippen molar-refractivity contribution in [2.75, 3.05) is 19.6 Å². The van der Waals surface area contributed by atoms with Gasteiger partial charge < -0.3 is 21.2 Å². The number of oxime groups is 1. The number of carbonyl (C=O) groups is 1. The van der Waals surface area contributed by atoms with Gasteiger partial charge in [0.25, 0.3) is 0 Å². The second-order valence-electron chi connectivity index (χ2n) is 5.89. The molecule has 3 aliphatic heterocycles. The van der Waals surface area contributed by atoms with Gasteiger partial charge in [-0.2, -0.15) is 0 Å². The summed E-state index contributed by atoms with van der Waals surface area (Å²) in [5, 5.41) is 15.0. The van der Waals surface area contributed by atoms with Crippen molar-refractivity contribution >= 4 is 11.7 Å². The highest BCUT2D eigenvalue weighted by molar-refractivity contribution is 6.06. The number of nitrogens with zero attached hydrogens (tertiary/aromatic N) is 2. The van der Waals surface area contributed by atoms with Crippen molar-refractivity contribution in [2.45, 2.75) is 39.2 Å². The molecule has 4 N–H and O–H groups in total. The highest BCUT2D eigenvalue weighted by Crippen LogP contribution is 2.29. The minimum Gasteiger partial charge on any atom is -0.409 e. The Morgan fingerprint density at radius 2 is 2.16 bits per heavy atom. The highest BCUT2D eigenvalue weighted by Gasteiger charge is 2.41. The normalized spacial score (nSPS) is 33.8. The first-order valence-electron chi connectivity index (χ1n) is 7.02. The largest absolute Gasteiger partial charge is 0.409 e. The zero-order chi connectivity index (χ0) is 14.0. The van der Waals surface area contributed by atoms with Crippen LogP contribution in [0.3, 0.4) is 0 Å². The molecule has 1 amide bonds. The van der Waals surface area contributed by atoms with Crippen molar-refractivity contribution in [2.24, 2.45) is 22.2 Å². The number of hydrogen-bond donors (Lipinski definition) is 3. The number of rotatable bonds is 4. The topological polar surface area (TPSA) is 91.0 Å². The summed E-state index contributed by atoms with van der Waals surface area (Å²) in [5.41, 5.74) is 4.74. The van der Waals surface area contributed by atoms with E-state index in [4.69, 9.17) is 10.9 Å². The Kier molecular flexibility index (Phi) is 3.99. The third-order valence-electron chi connectivity index (χ3n) is 4.85. The van der Waals surface area contributed by atoms with E-state index in [9.17, 15) is 4.79 Å². The predicted octanol–water partition coefficient (Wildman–Crippen LogP) is 0.360. The summed E-state index contributed by atoms with van der Waals surface area (Å²) in [6, 6.07) is 0.201. The predicted molar refractivity (Wildman–Crippen MR) is 72.9 cm³/mol. The molecule has 3 aliphatic rings. The lowest BCUT2D eigenvalue weighted by Crippen LogP contribution is -2.60. The maximum Gasteiger partial charge on any atom is 0.233 e. The summed E-state index contributed by atoms with van der Waals surface area (Å²) >= 11 is 0. The van der Waals surface area contributed by atoms with E-state index in [-0.39, 0.29) is 17.8 Å². The second-order valence-corrected chi connectivity index (χ2v) is 5.89. The zero-order valence-corrected chi connectivity index (χ0v) is 11.7. The Balaban J connectivity index is 2.04. The summed E-state index contributed by atoms with van der Waals surface area (Å²) in [4.78, 5) is 14.8. The Hall–Kier alpha value is -1.30. The average Bonchev–Trinajstić information content (AvgIpc) is 2.46. The summed E-state index contributed by atoms with van der Waals surface area (Å²) in [6.45, 7) is 6.80. The number of carbonyl (C=O) groups excluding carboxylic acids is 1. The molecule has 0 aromatic heterocycles. The fourth-order valence-corrected chi connectivity index (χ4v) is 3.02. The third-order valence-corrected chi connectivity index (χ3v) is 4.85. The number of nitrogens with two attached hydrogens (primary N) is 1. The van der Waals surface area contributed by atoms with Crippen LogP contribution in [0.2, 0.25) is 0 Å². The van der Waals surface area contributed by atoms with E-state index >= 15 is 0 Å². The molecule has 0 aromatic carbocycles. The lowest BCUT2D eigenvalue weighted by atomic mass is 9.81. The van der Waals surface area contributed by atoms with Gasteiger partial charge in [0.05, 0.1) is 0 Å². The van der Waals surface area contributed by atoms with Crippen LogP contribution in [0.15, 0.2) is 5.16 Å². The van der Waals surface area contributed by atoms with Crippen LogP contribution in [-0.2, 0) is 4.79 Å². The van der Waals surface area contributed by atoms with Crippen LogP contribution in [0.4, 0.5) is 0 Å². The molecule has 3 rings (SSSR count). The maximum absolute atomic E-state index is 12.4. The fourth-order valence-electron chi connectivity index (χ4n) is 3.02. The quantitative estimate of drug-likeness (QED) is 0.297. The Morgan fingerprint density at radius 3 is 2.58 bits per heavy atom. The summed E-state index contributed by atoms with van der Waals surface area (Å²) in [7, 11) is 0. The molecule has 108 valence electrons. The molecule has 3 saturated heterocycles. The molecule has 6 heteroatoms. The molecule has 6 nitrogen and oxygen atoms in total. The zero-order valence-electron chi connectivity index (χ0n) is 11.7. The van der Waals surface area contributed by atoms with Crippen molar-refractivity contribution in [1.29, 1.82) is 0 Å². The third kappa shape index (κ3) is 2.54. The average molecular weight is 268 g/mol. The van der Waals surface area contributed by atoms with Crippen molar-refractivity contribution in [3.63, 3.8) is 0 Å². The first kappa shape index (κ1) is 14.1. The van der Waals surface area contributed by atoms with E-state index in [1.54, 1.807) is 6.92 Å². The molecule has 0 spiro atoms. The molecular weight excluding hydrogens is 244 g/mol. The molecule has 3 fully saturated rings. The molecule has 0 radical (unpaired) electrons. The van der Waals surface area contributed by atoms with E-state index in [2.05, 4.69) is 15.4 Å². The molecule has 2 atom stereocenters. The van der Waals surface area contributed by atoms with Gasteiger partial charge in [0.2, 0.25) is 5.91 Å². The van der Waals surface area contributed by atoms with E-state index in [0.29, 0.717) is 12.3 Å². The number of amides is 1. The van der Waals surface area contributed by atoms with Crippen LogP contribution < -0.4 is 11.1 Å². The molecule has 0 saturated carbocycles. The van der Waals surface area contributed by atoms with Crippen LogP contribution in [0.5, 0.6) is 0 Å². The summed E-state index contributed by atoms with van der Waals surface area (Å²) in [6.07, 6.45) is 2.81. The smallest absolute Gasteiger partial charge is 0.233 e. The Bertz CT molecular complexity index is 377. The lowest BCUT2D eigenvalue weighted by Gasteiger charge is -2.45. The summed E-state index contributed by atoms with van der Waals surface area (Å²) in [5.74, 6) is 0.417. The molecule has 2 bridgehead atoms. The van der Waals surface area contributed by atoms with Crippen molar-refractivity contribution in [1.82, 2.24) is 10.2 Å². The molecule has 0 aliphatic carbocycles. The van der Waals surface area contributed by atoms with Crippen LogP contribution in [0, 0.1) is 11.3 Å². The fraction of sp³-hybridized carbons (Fsp3) is 0.846. The molecule has 3 heterocycles. The van der Waals surface area contributed by atoms with E-state index in [0.717, 1.165) is 32.5 Å². The standard InChI is InChI=1S/C13H24N4O2/c1-3-13(2,11(14)16-19)12(18)15-10-8-17-6-4-9(10)5-7-17/h9-10,19H,3-8H2,1-2H3,(H2,14,16)(H,15,18). The van der Waals surface area contributed by atoms with Crippen molar-refractivity contribution < 1.29 is 10.0 Å². The van der Waals surface area contributed by atoms with Gasteiger partial charge in [-0.05, 0) is 45.2 Å². The van der Waals surface area contributed by atoms with Gasteiger partial charge in [0.1, 0.15) is 5.41 Å². The second kappa shape index (κ2) is 5.36. The van der Waals surface area contributed by atoms with E-state index in [1.165, 1.54) is 0 Å². The SMILES string of the molecule is CCC(C)(C(=O)NC1CN2CCC1CC2)C(N)=NO. The minimum atomic E-state index is -0.930. The van der Waals surface area contributed by atoms with Gasteiger partial charge in [-0.25, -0.2) is 0 Å². The van der Waals surface area contributed by atoms with E-state index < -0.39 is 5.41 Å². The van der Waals surface area contributed by atoms with Crippen LogP contribution >= 0.6 is 0 Å². The van der Waals surface area contributed by atoms with Crippen LogP contribution in [0.1, 0.15) is 33.1 Å². The first-order valence-corrected chi connectivity index (χ1v) is 7.02. The van der Waals surface area contributed by atoms with Crippen molar-refractivity contribution in [3.05, 3.63) is 0 Å². The number of piperidine rings is 3. The van der Waals surface area contributed by atoms with Gasteiger partial charge in [0.15, 0.2) is 5.84 Å². The van der Waals surface area contributed by atoms with Gasteiger partial charge in [-0.3, -0.25) is 4.79 Å². The lowest BCUT2D eigenvalue weighted by molar-refractivity contribution is -0.129. The first-order chi connectivity index (χ1) is 9.01. The molecular formula is C13H24N4O2. The van der Waals surface area contributed by atoms with Crippen LogP contribution in [0.25, 0.3) is 0 Å². The van der Waals surface area contributed by atoms with Gasteiger partial charge in [0, 0.05) is 12.6 Å². The Labute approximate surface area is 114 Å². The monoisotopic (exact) mass is 268 g/mol. The Morgan fingerprint density at radius 1 is 1.53 bits per heavy atom. The van der Waals surface area contributed by atoms with Gasteiger partial charge in [-0.15, -0.1) is 0 Å². The van der Waals surface area contributed by atoms with Crippen LogP contribution in [-0.4, -0.2) is 47.5 Å². The van der Waals surface area contributed by atoms with Crippen molar-refractivity contribution in [3.8, 4) is 0 Å². The number of nitrogens with one attached hydrogen (secondary N) is 1. The van der Waals surface area contributed by atoms with Gasteiger partial charge >= 0.3 is 0 Å². The number of hydrogen-bond acceptors (Lipinski definition) is 4. The van der Waals surface area contributed by atoms with E-state index in [1.807, 2.05) is 6.92 Å².